The number of carboxylic acids is 1. The first-order valence-electron chi connectivity index (χ1n) is 13.4. The summed E-state index contributed by atoms with van der Waals surface area (Å²) in [7, 11) is 0. The Morgan fingerprint density at radius 3 is 2.43 bits per heavy atom. The number of ether oxygens (including phenoxy) is 1. The molecule has 0 radical (unpaired) electrons. The van der Waals surface area contributed by atoms with Gasteiger partial charge in [-0.3, -0.25) is 9.59 Å². The SMILES string of the molecule is C/C(=C\c1ccccc1NC(=O)[C@H](CCCNC(=O)OCc1ccccc1)NC(=O)c1cc2ccccc2o1)C(=O)O. The number of hydrogen-bond acceptors (Lipinski definition) is 6. The van der Waals surface area contributed by atoms with Gasteiger partial charge in [-0.25, -0.2) is 9.59 Å². The fraction of sp³-hybridized carbons (Fsp3) is 0.188. The van der Waals surface area contributed by atoms with Crippen LogP contribution in [0.2, 0.25) is 0 Å². The number of amides is 3. The van der Waals surface area contributed by atoms with Gasteiger partial charge in [0.1, 0.15) is 18.2 Å². The Morgan fingerprint density at radius 2 is 1.67 bits per heavy atom. The number of carbonyl (C=O) groups excluding carboxylic acids is 3. The van der Waals surface area contributed by atoms with Crippen LogP contribution in [0.3, 0.4) is 0 Å². The molecule has 3 aromatic carbocycles. The summed E-state index contributed by atoms with van der Waals surface area (Å²) < 4.78 is 10.9. The number of aliphatic carboxylic acids is 1. The van der Waals surface area contributed by atoms with Gasteiger partial charge in [0, 0.05) is 23.2 Å². The highest BCUT2D eigenvalue weighted by molar-refractivity contribution is 6.02. The van der Waals surface area contributed by atoms with E-state index < -0.39 is 29.9 Å². The second-order valence-electron chi connectivity index (χ2n) is 9.51. The number of fused-ring (bicyclic) bond motifs is 1. The smallest absolute Gasteiger partial charge is 0.407 e. The molecule has 0 bridgehead atoms. The Kier molecular flexibility index (Phi) is 10.1. The average molecular weight is 570 g/mol. The number of para-hydroxylation sites is 2. The summed E-state index contributed by atoms with van der Waals surface area (Å²) in [5, 5.41) is 18.2. The summed E-state index contributed by atoms with van der Waals surface area (Å²) in [6.45, 7) is 1.78. The average Bonchev–Trinajstić information content (AvgIpc) is 3.43. The number of carboxylic acid groups (broad SMARTS) is 1. The summed E-state index contributed by atoms with van der Waals surface area (Å²) in [5.41, 5.74) is 2.36. The number of benzene rings is 3. The van der Waals surface area contributed by atoms with E-state index in [9.17, 15) is 24.3 Å². The highest BCUT2D eigenvalue weighted by Crippen LogP contribution is 2.21. The molecular weight excluding hydrogens is 538 g/mol. The molecule has 4 aromatic rings. The zero-order valence-corrected chi connectivity index (χ0v) is 23.0. The number of nitrogens with one attached hydrogen (secondary N) is 3. The maximum absolute atomic E-state index is 13.4. The normalized spacial score (nSPS) is 11.9. The van der Waals surface area contributed by atoms with Crippen LogP contribution >= 0.6 is 0 Å². The molecule has 0 unspecified atom stereocenters. The molecule has 4 rings (SSSR count). The second-order valence-corrected chi connectivity index (χ2v) is 9.51. The minimum atomic E-state index is -1.08. The van der Waals surface area contributed by atoms with E-state index in [2.05, 4.69) is 16.0 Å². The molecule has 216 valence electrons. The molecule has 0 spiro atoms. The molecule has 0 aliphatic carbocycles. The maximum atomic E-state index is 13.4. The minimum absolute atomic E-state index is 0.0528. The van der Waals surface area contributed by atoms with E-state index in [1.54, 1.807) is 42.5 Å². The van der Waals surface area contributed by atoms with E-state index >= 15 is 0 Å². The molecule has 1 aromatic heterocycles. The Morgan fingerprint density at radius 1 is 0.952 bits per heavy atom. The monoisotopic (exact) mass is 569 g/mol. The fourth-order valence-electron chi connectivity index (χ4n) is 4.11. The third kappa shape index (κ3) is 8.31. The standard InChI is InChI=1S/C32H31N3O7/c1-21(31(38)39)18-23-12-5-7-14-25(23)34-29(36)26(35-30(37)28-19-24-13-6-8-16-27(24)42-28)15-9-17-33-32(40)41-20-22-10-3-2-4-11-22/h2-8,10-14,16,18-19,26H,9,15,17,20H2,1H3,(H,33,40)(H,34,36)(H,35,37)(H,38,39)/b21-18+/t26-/m0/s1. The molecule has 4 N–H and O–H groups in total. The number of rotatable bonds is 12. The molecule has 0 aliphatic heterocycles. The van der Waals surface area contributed by atoms with Gasteiger partial charge < -0.3 is 30.2 Å². The fourth-order valence-corrected chi connectivity index (χ4v) is 4.11. The first kappa shape index (κ1) is 29.6. The van der Waals surface area contributed by atoms with Crippen LogP contribution in [0, 0.1) is 0 Å². The number of hydrogen-bond donors (Lipinski definition) is 4. The van der Waals surface area contributed by atoms with Crippen LogP contribution in [0.1, 0.15) is 41.4 Å². The van der Waals surface area contributed by atoms with Gasteiger partial charge in [0.25, 0.3) is 5.91 Å². The Hall–Kier alpha value is -5.38. The van der Waals surface area contributed by atoms with Gasteiger partial charge in [-0.1, -0.05) is 66.7 Å². The molecule has 0 saturated heterocycles. The Labute approximate surface area is 242 Å². The van der Waals surface area contributed by atoms with Crippen molar-refractivity contribution < 1.29 is 33.4 Å². The molecule has 10 nitrogen and oxygen atoms in total. The van der Waals surface area contributed by atoms with E-state index in [0.29, 0.717) is 23.3 Å². The van der Waals surface area contributed by atoms with E-state index in [-0.39, 0.29) is 30.9 Å². The maximum Gasteiger partial charge on any atom is 0.407 e. The lowest BCUT2D eigenvalue weighted by Gasteiger charge is -2.19. The van der Waals surface area contributed by atoms with Crippen molar-refractivity contribution in [3.05, 3.63) is 107 Å². The molecule has 0 saturated carbocycles. The second kappa shape index (κ2) is 14.3. The van der Waals surface area contributed by atoms with Crippen molar-refractivity contribution in [2.75, 3.05) is 11.9 Å². The number of furan rings is 1. The van der Waals surface area contributed by atoms with E-state index in [1.165, 1.54) is 13.0 Å². The largest absolute Gasteiger partial charge is 0.478 e. The zero-order chi connectivity index (χ0) is 29.9. The summed E-state index contributed by atoms with van der Waals surface area (Å²) in [6.07, 6.45) is 1.38. The van der Waals surface area contributed by atoms with Crippen molar-refractivity contribution in [2.45, 2.75) is 32.4 Å². The van der Waals surface area contributed by atoms with Gasteiger partial charge in [-0.05, 0) is 55.2 Å². The van der Waals surface area contributed by atoms with Crippen molar-refractivity contribution in [2.24, 2.45) is 0 Å². The Balaban J connectivity index is 1.42. The van der Waals surface area contributed by atoms with Gasteiger partial charge in [0.2, 0.25) is 5.91 Å². The number of carbonyl (C=O) groups is 4. The molecule has 3 amide bonds. The quantitative estimate of drug-likeness (QED) is 0.133. The van der Waals surface area contributed by atoms with E-state index in [1.807, 2.05) is 42.5 Å². The predicted octanol–water partition coefficient (Wildman–Crippen LogP) is 5.36. The van der Waals surface area contributed by atoms with Crippen LogP contribution in [-0.4, -0.2) is 41.6 Å². The molecule has 42 heavy (non-hydrogen) atoms. The van der Waals surface area contributed by atoms with E-state index in [4.69, 9.17) is 9.15 Å². The van der Waals surface area contributed by atoms with Crippen LogP contribution in [0.25, 0.3) is 17.0 Å². The van der Waals surface area contributed by atoms with Gasteiger partial charge >= 0.3 is 12.1 Å². The highest BCUT2D eigenvalue weighted by atomic mass is 16.5. The highest BCUT2D eigenvalue weighted by Gasteiger charge is 2.24. The van der Waals surface area contributed by atoms with Crippen molar-refractivity contribution in [1.29, 1.82) is 0 Å². The van der Waals surface area contributed by atoms with Crippen molar-refractivity contribution in [3.8, 4) is 0 Å². The van der Waals surface area contributed by atoms with Gasteiger partial charge in [-0.2, -0.15) is 0 Å². The first-order chi connectivity index (χ1) is 20.3. The van der Waals surface area contributed by atoms with Crippen LogP contribution in [0.15, 0.2) is 94.9 Å². The number of alkyl carbamates (subject to hydrolysis) is 1. The molecule has 1 heterocycles. The third-order valence-electron chi connectivity index (χ3n) is 6.35. The minimum Gasteiger partial charge on any atom is -0.478 e. The van der Waals surface area contributed by atoms with Crippen molar-refractivity contribution >= 4 is 46.6 Å². The molecule has 1 atom stereocenters. The molecule has 10 heteroatoms. The van der Waals surface area contributed by atoms with Gasteiger partial charge in [0.15, 0.2) is 5.76 Å². The van der Waals surface area contributed by atoms with Gasteiger partial charge in [0.05, 0.1) is 0 Å². The predicted molar refractivity (Wildman–Crippen MR) is 158 cm³/mol. The summed E-state index contributed by atoms with van der Waals surface area (Å²) in [5.74, 6) is -2.12. The summed E-state index contributed by atoms with van der Waals surface area (Å²) >= 11 is 0. The van der Waals surface area contributed by atoms with Crippen molar-refractivity contribution in [3.63, 3.8) is 0 Å². The van der Waals surface area contributed by atoms with Crippen molar-refractivity contribution in [1.82, 2.24) is 10.6 Å². The third-order valence-corrected chi connectivity index (χ3v) is 6.35. The lowest BCUT2D eigenvalue weighted by atomic mass is 10.1. The Bertz CT molecular complexity index is 1560. The first-order valence-corrected chi connectivity index (χ1v) is 13.4. The van der Waals surface area contributed by atoms with Crippen LogP contribution in [0.4, 0.5) is 10.5 Å². The topological polar surface area (TPSA) is 147 Å². The molecular formula is C32H31N3O7. The summed E-state index contributed by atoms with van der Waals surface area (Å²) in [6, 6.07) is 23.8. The lowest BCUT2D eigenvalue weighted by Crippen LogP contribution is -2.44. The summed E-state index contributed by atoms with van der Waals surface area (Å²) in [4.78, 5) is 49.9. The molecule has 0 aliphatic rings. The number of anilines is 1. The van der Waals surface area contributed by atoms with Crippen LogP contribution in [-0.2, 0) is 20.9 Å². The van der Waals surface area contributed by atoms with Gasteiger partial charge in [-0.15, -0.1) is 0 Å². The lowest BCUT2D eigenvalue weighted by molar-refractivity contribution is -0.132. The zero-order valence-electron chi connectivity index (χ0n) is 23.0. The van der Waals surface area contributed by atoms with Crippen LogP contribution < -0.4 is 16.0 Å². The van der Waals surface area contributed by atoms with E-state index in [0.717, 1.165) is 10.9 Å². The van der Waals surface area contributed by atoms with Crippen LogP contribution in [0.5, 0.6) is 0 Å². The molecule has 0 fully saturated rings.